The van der Waals surface area contributed by atoms with Crippen molar-refractivity contribution < 1.29 is 19.0 Å². The van der Waals surface area contributed by atoms with Gasteiger partial charge >= 0.3 is 5.97 Å². The summed E-state index contributed by atoms with van der Waals surface area (Å²) in [7, 11) is 1.69. The third kappa shape index (κ3) is 4.14. The van der Waals surface area contributed by atoms with E-state index < -0.39 is 5.60 Å². The summed E-state index contributed by atoms with van der Waals surface area (Å²) in [5.74, 6) is -0.336. The maximum absolute atomic E-state index is 12.6. The average Bonchev–Trinajstić information content (AvgIpc) is 2.60. The largest absolute Gasteiger partial charge is 0.456 e. The van der Waals surface area contributed by atoms with Gasteiger partial charge in [-0.3, -0.25) is 4.98 Å². The number of carbonyl (C=O) groups is 1. The summed E-state index contributed by atoms with van der Waals surface area (Å²) in [6, 6.07) is 7.84. The van der Waals surface area contributed by atoms with Crippen LogP contribution in [0.1, 0.15) is 31.1 Å². The van der Waals surface area contributed by atoms with Crippen LogP contribution in [0.4, 0.5) is 5.69 Å². The van der Waals surface area contributed by atoms with Crippen LogP contribution < -0.4 is 4.90 Å². The summed E-state index contributed by atoms with van der Waals surface area (Å²) in [5.41, 5.74) is 1.79. The van der Waals surface area contributed by atoms with Crippen molar-refractivity contribution in [2.75, 3.05) is 38.4 Å². The first-order chi connectivity index (χ1) is 12.4. The van der Waals surface area contributed by atoms with E-state index in [4.69, 9.17) is 14.2 Å². The first-order valence-electron chi connectivity index (χ1n) is 8.84. The number of nitrogens with zero attached hydrogens (tertiary/aromatic N) is 2. The van der Waals surface area contributed by atoms with Crippen LogP contribution in [0.5, 0.6) is 0 Å². The molecule has 0 N–H and O–H groups in total. The van der Waals surface area contributed by atoms with Crippen LogP contribution >= 0.6 is 0 Å². The molecule has 0 spiro atoms. The molecule has 1 aromatic carbocycles. The Morgan fingerprint density at radius 2 is 2.15 bits per heavy atom. The molecule has 2 aromatic rings. The molecule has 1 aromatic heterocycles. The Balaban J connectivity index is 1.99. The fraction of sp³-hybridized carbons (Fsp3) is 0.500. The number of rotatable bonds is 4. The number of anilines is 1. The molecule has 0 amide bonds. The number of methoxy groups -OCH3 is 1. The standard InChI is InChI=1S/C20H26N2O4/c1-20(2,3)26-19(23)16-7-8-21-18-6-5-14(11-17(16)18)22-9-10-25-13-15(22)12-24-4/h5-8,11,15H,9-10,12-13H2,1-4H3. The first-order valence-corrected chi connectivity index (χ1v) is 8.84. The predicted octanol–water partition coefficient (Wildman–Crippen LogP) is 3.04. The van der Waals surface area contributed by atoms with Gasteiger partial charge in [-0.2, -0.15) is 0 Å². The molecular formula is C20H26N2O4. The first kappa shape index (κ1) is 18.6. The molecule has 2 heterocycles. The quantitative estimate of drug-likeness (QED) is 0.783. The van der Waals surface area contributed by atoms with Crippen LogP contribution in [0, 0.1) is 0 Å². The average molecular weight is 358 g/mol. The molecule has 1 aliphatic heterocycles. The van der Waals surface area contributed by atoms with E-state index >= 15 is 0 Å². The molecule has 6 nitrogen and oxygen atoms in total. The van der Waals surface area contributed by atoms with Crippen molar-refractivity contribution in [3.8, 4) is 0 Å². The highest BCUT2D eigenvalue weighted by Gasteiger charge is 2.25. The molecule has 0 aliphatic carbocycles. The minimum atomic E-state index is -0.544. The molecule has 0 radical (unpaired) electrons. The number of carbonyl (C=O) groups excluding carboxylic acids is 1. The zero-order valence-corrected chi connectivity index (χ0v) is 15.8. The predicted molar refractivity (Wildman–Crippen MR) is 101 cm³/mol. The summed E-state index contributed by atoms with van der Waals surface area (Å²) in [4.78, 5) is 19.3. The second-order valence-corrected chi connectivity index (χ2v) is 7.44. The number of benzene rings is 1. The normalized spacial score (nSPS) is 18.2. The number of aromatic nitrogens is 1. The lowest BCUT2D eigenvalue weighted by Gasteiger charge is -2.37. The van der Waals surface area contributed by atoms with Crippen molar-refractivity contribution in [3.05, 3.63) is 36.0 Å². The maximum Gasteiger partial charge on any atom is 0.339 e. The SMILES string of the molecule is COCC1COCCN1c1ccc2nccc(C(=O)OC(C)(C)C)c2c1. The highest BCUT2D eigenvalue weighted by molar-refractivity contribution is 6.04. The van der Waals surface area contributed by atoms with E-state index in [1.165, 1.54) is 0 Å². The Bertz CT molecular complexity index is 783. The van der Waals surface area contributed by atoms with Gasteiger partial charge < -0.3 is 19.1 Å². The topological polar surface area (TPSA) is 60.9 Å². The van der Waals surface area contributed by atoms with E-state index in [1.54, 1.807) is 19.4 Å². The summed E-state index contributed by atoms with van der Waals surface area (Å²) >= 11 is 0. The molecule has 1 fully saturated rings. The summed E-state index contributed by atoms with van der Waals surface area (Å²) in [6.07, 6.45) is 1.64. The van der Waals surface area contributed by atoms with Crippen molar-refractivity contribution >= 4 is 22.6 Å². The zero-order valence-electron chi connectivity index (χ0n) is 15.8. The number of esters is 1. The zero-order chi connectivity index (χ0) is 18.7. The number of ether oxygens (including phenoxy) is 3. The van der Waals surface area contributed by atoms with Crippen LogP contribution in [-0.2, 0) is 14.2 Å². The summed E-state index contributed by atoms with van der Waals surface area (Å²) in [6.45, 7) is 8.25. The minimum Gasteiger partial charge on any atom is -0.456 e. The molecular weight excluding hydrogens is 332 g/mol. The summed E-state index contributed by atoms with van der Waals surface area (Å²) < 4.78 is 16.5. The number of fused-ring (bicyclic) bond motifs is 1. The number of hydrogen-bond donors (Lipinski definition) is 0. The lowest BCUT2D eigenvalue weighted by atomic mass is 10.1. The molecule has 3 rings (SSSR count). The monoisotopic (exact) mass is 358 g/mol. The van der Waals surface area contributed by atoms with Gasteiger partial charge in [0.1, 0.15) is 5.60 Å². The van der Waals surface area contributed by atoms with Gasteiger partial charge in [-0.25, -0.2) is 4.79 Å². The molecule has 1 saturated heterocycles. The van der Waals surface area contributed by atoms with Crippen LogP contribution in [0.15, 0.2) is 30.5 Å². The third-order valence-electron chi connectivity index (χ3n) is 4.26. The smallest absolute Gasteiger partial charge is 0.339 e. The van der Waals surface area contributed by atoms with Crippen molar-refractivity contribution in [1.82, 2.24) is 4.98 Å². The Morgan fingerprint density at radius 1 is 1.35 bits per heavy atom. The van der Waals surface area contributed by atoms with E-state index in [-0.39, 0.29) is 12.0 Å². The molecule has 26 heavy (non-hydrogen) atoms. The van der Waals surface area contributed by atoms with Gasteiger partial charge in [-0.1, -0.05) is 0 Å². The van der Waals surface area contributed by atoms with Gasteiger partial charge in [0.15, 0.2) is 0 Å². The van der Waals surface area contributed by atoms with E-state index in [0.29, 0.717) is 25.4 Å². The van der Waals surface area contributed by atoms with E-state index in [1.807, 2.05) is 39.0 Å². The second-order valence-electron chi connectivity index (χ2n) is 7.44. The Hall–Kier alpha value is -2.18. The van der Waals surface area contributed by atoms with Gasteiger partial charge in [0.05, 0.1) is 36.9 Å². The molecule has 0 saturated carbocycles. The van der Waals surface area contributed by atoms with Gasteiger partial charge in [-0.05, 0) is 45.0 Å². The van der Waals surface area contributed by atoms with Crippen molar-refractivity contribution in [2.24, 2.45) is 0 Å². The van der Waals surface area contributed by atoms with E-state index in [2.05, 4.69) is 9.88 Å². The van der Waals surface area contributed by atoms with E-state index in [9.17, 15) is 4.79 Å². The molecule has 1 aliphatic rings. The Morgan fingerprint density at radius 3 is 2.88 bits per heavy atom. The Kier molecular flexibility index (Phi) is 5.44. The second kappa shape index (κ2) is 7.60. The lowest BCUT2D eigenvalue weighted by molar-refractivity contribution is 0.00717. The fourth-order valence-electron chi connectivity index (χ4n) is 3.15. The molecule has 1 atom stereocenters. The molecule has 6 heteroatoms. The number of morpholine rings is 1. The van der Waals surface area contributed by atoms with Crippen molar-refractivity contribution in [1.29, 1.82) is 0 Å². The lowest BCUT2D eigenvalue weighted by Crippen LogP contribution is -2.48. The van der Waals surface area contributed by atoms with Crippen LogP contribution in [-0.4, -0.2) is 56.1 Å². The van der Waals surface area contributed by atoms with Crippen LogP contribution in [0.3, 0.4) is 0 Å². The van der Waals surface area contributed by atoms with E-state index in [0.717, 1.165) is 23.1 Å². The Labute approximate surface area is 154 Å². The van der Waals surface area contributed by atoms with Gasteiger partial charge in [0, 0.05) is 30.9 Å². The molecule has 140 valence electrons. The van der Waals surface area contributed by atoms with Crippen molar-refractivity contribution in [2.45, 2.75) is 32.4 Å². The molecule has 0 bridgehead atoms. The third-order valence-corrected chi connectivity index (χ3v) is 4.26. The maximum atomic E-state index is 12.6. The fourth-order valence-corrected chi connectivity index (χ4v) is 3.15. The highest BCUT2D eigenvalue weighted by Crippen LogP contribution is 2.27. The highest BCUT2D eigenvalue weighted by atomic mass is 16.6. The van der Waals surface area contributed by atoms with Gasteiger partial charge in [0.25, 0.3) is 0 Å². The number of pyridine rings is 1. The molecule has 1 unspecified atom stereocenters. The van der Waals surface area contributed by atoms with Crippen molar-refractivity contribution in [3.63, 3.8) is 0 Å². The number of hydrogen-bond acceptors (Lipinski definition) is 6. The van der Waals surface area contributed by atoms with Gasteiger partial charge in [0.2, 0.25) is 0 Å². The summed E-state index contributed by atoms with van der Waals surface area (Å²) in [5, 5.41) is 0.793. The minimum absolute atomic E-state index is 0.146. The van der Waals surface area contributed by atoms with Crippen LogP contribution in [0.25, 0.3) is 10.9 Å². The van der Waals surface area contributed by atoms with Gasteiger partial charge in [-0.15, -0.1) is 0 Å². The van der Waals surface area contributed by atoms with Crippen LogP contribution in [0.2, 0.25) is 0 Å².